The average Bonchev–Trinajstić information content (AvgIpc) is 2.58. The van der Waals surface area contributed by atoms with Gasteiger partial charge in [-0.2, -0.15) is 0 Å². The van der Waals surface area contributed by atoms with Gasteiger partial charge >= 0.3 is 0 Å². The van der Waals surface area contributed by atoms with Crippen LogP contribution in [0.3, 0.4) is 0 Å². The Morgan fingerprint density at radius 3 is 2.50 bits per heavy atom. The fraction of sp³-hybridized carbons (Fsp3) is 0.444. The highest BCUT2D eigenvalue weighted by Crippen LogP contribution is 2.24. The summed E-state index contributed by atoms with van der Waals surface area (Å²) in [6.45, 7) is 11.6. The number of hydrogen-bond acceptors (Lipinski definition) is 5. The molecule has 2 heterocycles. The summed E-state index contributed by atoms with van der Waals surface area (Å²) in [6, 6.07) is 8.26. The van der Waals surface area contributed by atoms with E-state index in [-0.39, 0.29) is 0 Å². The van der Waals surface area contributed by atoms with Crippen molar-refractivity contribution in [2.24, 2.45) is 0 Å². The molecule has 3 rings (SSSR count). The first kappa shape index (κ1) is 17.2. The molecule has 1 N–H and O–H groups in total. The van der Waals surface area contributed by atoms with Gasteiger partial charge in [0.05, 0.1) is 0 Å². The Hall–Kier alpha value is -1.66. The van der Waals surface area contributed by atoms with Crippen LogP contribution in [-0.4, -0.2) is 47.6 Å². The van der Waals surface area contributed by atoms with E-state index in [4.69, 9.17) is 0 Å². The van der Waals surface area contributed by atoms with Gasteiger partial charge in [-0.25, -0.2) is 9.97 Å². The largest absolute Gasteiger partial charge is 0.354 e. The fourth-order valence-electron chi connectivity index (χ4n) is 2.94. The Morgan fingerprint density at radius 2 is 1.83 bits per heavy atom. The van der Waals surface area contributed by atoms with E-state index in [9.17, 15) is 0 Å². The van der Waals surface area contributed by atoms with Crippen molar-refractivity contribution in [3.63, 3.8) is 0 Å². The molecule has 0 saturated carbocycles. The van der Waals surface area contributed by atoms with Crippen LogP contribution in [0.5, 0.6) is 0 Å². The van der Waals surface area contributed by atoms with Crippen LogP contribution in [0.15, 0.2) is 28.7 Å². The zero-order chi connectivity index (χ0) is 17.1. The van der Waals surface area contributed by atoms with Gasteiger partial charge in [-0.3, -0.25) is 0 Å². The summed E-state index contributed by atoms with van der Waals surface area (Å²) in [5.74, 6) is 2.65. The van der Waals surface area contributed by atoms with Crippen LogP contribution in [-0.2, 0) is 0 Å². The maximum atomic E-state index is 4.63. The summed E-state index contributed by atoms with van der Waals surface area (Å²) in [5.41, 5.74) is 2.23. The number of anilines is 3. The summed E-state index contributed by atoms with van der Waals surface area (Å²) in [7, 11) is 0. The molecule has 0 spiro atoms. The van der Waals surface area contributed by atoms with Crippen LogP contribution in [0.25, 0.3) is 0 Å². The van der Waals surface area contributed by atoms with E-state index in [2.05, 4.69) is 67.0 Å². The van der Waals surface area contributed by atoms with Crippen LogP contribution in [0, 0.1) is 13.8 Å². The van der Waals surface area contributed by atoms with Gasteiger partial charge in [-0.05, 0) is 44.2 Å². The smallest absolute Gasteiger partial charge is 0.136 e. The lowest BCUT2D eigenvalue weighted by Gasteiger charge is -2.34. The van der Waals surface area contributed by atoms with Crippen LogP contribution in [0.1, 0.15) is 18.3 Å². The second-order valence-corrected chi connectivity index (χ2v) is 7.02. The Labute approximate surface area is 152 Å². The summed E-state index contributed by atoms with van der Waals surface area (Å²) in [6.07, 6.45) is 0. The van der Waals surface area contributed by atoms with Crippen LogP contribution in [0.4, 0.5) is 17.3 Å². The topological polar surface area (TPSA) is 44.3 Å². The van der Waals surface area contributed by atoms with Gasteiger partial charge < -0.3 is 15.1 Å². The number of aromatic nitrogens is 2. The SMILES string of the molecule is CCN1CCN(c2cc(Nc3ccc(Br)c(C)c3)nc(C)n2)CC1. The first-order valence-corrected chi connectivity index (χ1v) is 9.20. The predicted molar refractivity (Wildman–Crippen MR) is 103 cm³/mol. The van der Waals surface area contributed by atoms with E-state index in [1.807, 2.05) is 19.1 Å². The molecule has 1 saturated heterocycles. The van der Waals surface area contributed by atoms with Gasteiger partial charge in [0.1, 0.15) is 17.5 Å². The molecule has 0 unspecified atom stereocenters. The third kappa shape index (κ3) is 4.05. The molecule has 1 aromatic heterocycles. The van der Waals surface area contributed by atoms with Crippen molar-refractivity contribution in [1.82, 2.24) is 14.9 Å². The van der Waals surface area contributed by atoms with Crippen molar-refractivity contribution in [3.05, 3.63) is 40.1 Å². The molecule has 0 aliphatic carbocycles. The number of aryl methyl sites for hydroxylation is 2. The maximum Gasteiger partial charge on any atom is 0.136 e. The summed E-state index contributed by atoms with van der Waals surface area (Å²) < 4.78 is 1.11. The molecular weight excluding hydrogens is 366 g/mol. The van der Waals surface area contributed by atoms with Crippen molar-refractivity contribution < 1.29 is 0 Å². The van der Waals surface area contributed by atoms with Gasteiger partial charge in [0.2, 0.25) is 0 Å². The van der Waals surface area contributed by atoms with E-state index < -0.39 is 0 Å². The Balaban J connectivity index is 1.77. The molecule has 128 valence electrons. The Kier molecular flexibility index (Phi) is 5.36. The zero-order valence-corrected chi connectivity index (χ0v) is 16.1. The predicted octanol–water partition coefficient (Wildman–Crippen LogP) is 3.74. The summed E-state index contributed by atoms with van der Waals surface area (Å²) in [4.78, 5) is 14.0. The van der Waals surface area contributed by atoms with Crippen molar-refractivity contribution in [2.75, 3.05) is 42.9 Å². The standard InChI is InChI=1S/C18H24BrN5/c1-4-23-7-9-24(10-8-23)18-12-17(20-14(3)21-18)22-15-5-6-16(19)13(2)11-15/h5-6,11-12H,4,7-10H2,1-3H3,(H,20,21,22). The second-order valence-electron chi connectivity index (χ2n) is 6.17. The van der Waals surface area contributed by atoms with E-state index in [1.165, 1.54) is 5.56 Å². The normalized spacial score (nSPS) is 15.6. The number of nitrogens with zero attached hydrogens (tertiary/aromatic N) is 4. The third-order valence-corrected chi connectivity index (χ3v) is 5.29. The van der Waals surface area contributed by atoms with Crippen molar-refractivity contribution in [3.8, 4) is 0 Å². The van der Waals surface area contributed by atoms with Gasteiger partial charge in [0.15, 0.2) is 0 Å². The van der Waals surface area contributed by atoms with E-state index in [1.54, 1.807) is 0 Å². The summed E-state index contributed by atoms with van der Waals surface area (Å²) in [5, 5.41) is 3.40. The van der Waals surface area contributed by atoms with Crippen LogP contribution in [0.2, 0.25) is 0 Å². The minimum atomic E-state index is 0.793. The number of likely N-dealkylation sites (N-methyl/N-ethyl adjacent to an activating group) is 1. The Bertz CT molecular complexity index is 711. The molecule has 6 heteroatoms. The second kappa shape index (κ2) is 7.49. The first-order valence-electron chi connectivity index (χ1n) is 8.41. The number of benzene rings is 1. The number of hydrogen-bond donors (Lipinski definition) is 1. The molecule has 1 aliphatic heterocycles. The molecule has 24 heavy (non-hydrogen) atoms. The van der Waals surface area contributed by atoms with Gasteiger partial charge in [-0.1, -0.05) is 22.9 Å². The molecule has 0 amide bonds. The van der Waals surface area contributed by atoms with Crippen molar-refractivity contribution in [2.45, 2.75) is 20.8 Å². The number of nitrogens with one attached hydrogen (secondary N) is 1. The zero-order valence-electron chi connectivity index (χ0n) is 14.5. The first-order chi connectivity index (χ1) is 11.5. The number of rotatable bonds is 4. The third-order valence-electron chi connectivity index (χ3n) is 4.40. The average molecular weight is 390 g/mol. The number of halogens is 1. The number of piperazine rings is 1. The fourth-order valence-corrected chi connectivity index (χ4v) is 3.19. The van der Waals surface area contributed by atoms with E-state index in [0.717, 1.165) is 60.3 Å². The molecular formula is C18H24BrN5. The highest BCUT2D eigenvalue weighted by molar-refractivity contribution is 9.10. The lowest BCUT2D eigenvalue weighted by Crippen LogP contribution is -2.46. The van der Waals surface area contributed by atoms with Crippen LogP contribution >= 0.6 is 15.9 Å². The molecule has 1 aromatic carbocycles. The van der Waals surface area contributed by atoms with Gasteiger partial charge in [0, 0.05) is 42.4 Å². The van der Waals surface area contributed by atoms with Gasteiger partial charge in [0.25, 0.3) is 0 Å². The molecule has 1 aliphatic rings. The lowest BCUT2D eigenvalue weighted by molar-refractivity contribution is 0.270. The molecule has 1 fully saturated rings. The van der Waals surface area contributed by atoms with Crippen LogP contribution < -0.4 is 10.2 Å². The molecule has 5 nitrogen and oxygen atoms in total. The molecule has 0 atom stereocenters. The van der Waals surface area contributed by atoms with Crippen molar-refractivity contribution in [1.29, 1.82) is 0 Å². The quantitative estimate of drug-likeness (QED) is 0.862. The monoisotopic (exact) mass is 389 g/mol. The van der Waals surface area contributed by atoms with E-state index in [0.29, 0.717) is 0 Å². The van der Waals surface area contributed by atoms with Crippen molar-refractivity contribution >= 4 is 33.3 Å². The Morgan fingerprint density at radius 1 is 1.08 bits per heavy atom. The molecule has 0 bridgehead atoms. The summed E-state index contributed by atoms with van der Waals surface area (Å²) >= 11 is 3.54. The van der Waals surface area contributed by atoms with Gasteiger partial charge in [-0.15, -0.1) is 0 Å². The molecule has 2 aromatic rings. The highest BCUT2D eigenvalue weighted by Gasteiger charge is 2.17. The minimum Gasteiger partial charge on any atom is -0.354 e. The highest BCUT2D eigenvalue weighted by atomic mass is 79.9. The molecule has 0 radical (unpaired) electrons. The lowest BCUT2D eigenvalue weighted by atomic mass is 10.2. The minimum absolute atomic E-state index is 0.793. The maximum absolute atomic E-state index is 4.63. The van der Waals surface area contributed by atoms with E-state index >= 15 is 0 Å².